The van der Waals surface area contributed by atoms with Gasteiger partial charge in [0.2, 0.25) is 0 Å². The molecule has 5 rings (SSSR count). The van der Waals surface area contributed by atoms with Crippen LogP contribution in [0.3, 0.4) is 0 Å². The molecule has 2 aromatic heterocycles. The molecule has 0 N–H and O–H groups in total. The Morgan fingerprint density at radius 2 is 2.03 bits per heavy atom. The van der Waals surface area contributed by atoms with Gasteiger partial charge in [-0.1, -0.05) is 42.3 Å². The van der Waals surface area contributed by atoms with Gasteiger partial charge < -0.3 is 9.64 Å². The summed E-state index contributed by atoms with van der Waals surface area (Å²) in [6.45, 7) is 2.60. The molecule has 0 spiro atoms. The molecule has 0 aliphatic carbocycles. The van der Waals surface area contributed by atoms with Crippen LogP contribution in [0.5, 0.6) is 5.75 Å². The fraction of sp³-hybridized carbons (Fsp3) is 0.222. The van der Waals surface area contributed by atoms with Gasteiger partial charge in [-0.3, -0.25) is 14.2 Å². The third-order valence-corrected chi connectivity index (χ3v) is 5.98. The van der Waals surface area contributed by atoms with Crippen LogP contribution in [-0.4, -0.2) is 31.7 Å². The van der Waals surface area contributed by atoms with Gasteiger partial charge in [0, 0.05) is 24.5 Å². The number of ether oxygens (including phenoxy) is 1. The summed E-state index contributed by atoms with van der Waals surface area (Å²) in [4.78, 5) is 23.6. The normalized spacial score (nSPS) is 15.2. The number of imidazole rings is 1. The van der Waals surface area contributed by atoms with Crippen LogP contribution in [0.4, 0.5) is 4.39 Å². The van der Waals surface area contributed by atoms with Gasteiger partial charge in [0.1, 0.15) is 12.4 Å². The lowest BCUT2D eigenvalue weighted by Crippen LogP contribution is -2.30. The number of fused-ring (bicyclic) bond motifs is 1. The first-order chi connectivity index (χ1) is 16.7. The third kappa shape index (κ3) is 4.11. The summed E-state index contributed by atoms with van der Waals surface area (Å²) >= 11 is 0. The number of benzene rings is 2. The molecule has 4 aromatic rings. The minimum atomic E-state index is -0.381. The molecule has 170 valence electrons. The minimum absolute atomic E-state index is 0.134. The van der Waals surface area contributed by atoms with Crippen LogP contribution < -0.4 is 4.74 Å². The van der Waals surface area contributed by atoms with Gasteiger partial charge in [-0.15, -0.1) is 0 Å². The molecule has 7 heteroatoms. The van der Waals surface area contributed by atoms with Gasteiger partial charge in [0.15, 0.2) is 11.6 Å². The fourth-order valence-electron chi connectivity index (χ4n) is 4.35. The van der Waals surface area contributed by atoms with Crippen molar-refractivity contribution in [3.63, 3.8) is 0 Å². The van der Waals surface area contributed by atoms with E-state index in [-0.39, 0.29) is 30.1 Å². The smallest absolute Gasteiger partial charge is 0.299 e. The maximum absolute atomic E-state index is 13.8. The summed E-state index contributed by atoms with van der Waals surface area (Å²) < 4.78 is 21.4. The molecule has 2 aromatic carbocycles. The van der Waals surface area contributed by atoms with E-state index in [1.807, 2.05) is 34.9 Å². The number of hydrogen-bond donors (Lipinski definition) is 0. The molecular weight excluding hydrogens is 431 g/mol. The lowest BCUT2D eigenvalue weighted by molar-refractivity contribution is -0.126. The second-order valence-corrected chi connectivity index (χ2v) is 8.10. The first-order valence-corrected chi connectivity index (χ1v) is 11.2. The highest BCUT2D eigenvalue weighted by Crippen LogP contribution is 2.35. The standard InChI is InChI=1S/C27H23FN4O2/c1-2-6-25(33)31-15-5-8-22(31)27-30-26(23-17-29-14-16-32(23)27)20-12-10-19(11-13-20)18-34-24-9-4-3-7-21(24)28/h3-4,7,9-14,16-17,22H,5,8,15,18H2,1H3/t22-/m0/s1. The summed E-state index contributed by atoms with van der Waals surface area (Å²) in [7, 11) is 0. The number of rotatable bonds is 5. The largest absolute Gasteiger partial charge is 0.486 e. The SMILES string of the molecule is CC#CC(=O)N1CCC[C@H]1c1nc(-c2ccc(COc3ccccc3F)cc2)c2cnccn12. The summed E-state index contributed by atoms with van der Waals surface area (Å²) in [5.41, 5.74) is 3.51. The van der Waals surface area contributed by atoms with E-state index in [2.05, 4.69) is 16.8 Å². The number of carbonyl (C=O) groups excluding carboxylic acids is 1. The van der Waals surface area contributed by atoms with Crippen molar-refractivity contribution in [2.75, 3.05) is 6.54 Å². The number of hydrogen-bond acceptors (Lipinski definition) is 4. The molecule has 1 amide bonds. The topological polar surface area (TPSA) is 59.7 Å². The molecular formula is C27H23FN4O2. The number of amides is 1. The Labute approximate surface area is 197 Å². The van der Waals surface area contributed by atoms with Crippen molar-refractivity contribution in [3.05, 3.63) is 84.3 Å². The van der Waals surface area contributed by atoms with Crippen molar-refractivity contribution in [1.29, 1.82) is 0 Å². The number of carbonyl (C=O) groups is 1. The molecule has 1 aliphatic rings. The summed E-state index contributed by atoms with van der Waals surface area (Å²) in [6, 6.07) is 14.1. The number of para-hydroxylation sites is 1. The second-order valence-electron chi connectivity index (χ2n) is 8.10. The van der Waals surface area contributed by atoms with E-state index in [1.165, 1.54) is 6.07 Å². The number of likely N-dealkylation sites (tertiary alicyclic amines) is 1. The number of halogens is 1. The number of nitrogens with zero attached hydrogens (tertiary/aromatic N) is 4. The highest BCUT2D eigenvalue weighted by molar-refractivity contribution is 5.94. The molecule has 6 nitrogen and oxygen atoms in total. The minimum Gasteiger partial charge on any atom is -0.486 e. The molecule has 1 saturated heterocycles. The first kappa shape index (κ1) is 21.7. The van der Waals surface area contributed by atoms with Gasteiger partial charge in [-0.05, 0) is 43.4 Å². The zero-order valence-corrected chi connectivity index (χ0v) is 18.7. The van der Waals surface area contributed by atoms with Gasteiger partial charge in [0.25, 0.3) is 5.91 Å². The molecule has 0 saturated carbocycles. The lowest BCUT2D eigenvalue weighted by atomic mass is 10.1. The lowest BCUT2D eigenvalue weighted by Gasteiger charge is -2.21. The molecule has 34 heavy (non-hydrogen) atoms. The molecule has 1 aliphatic heterocycles. The zero-order chi connectivity index (χ0) is 23.5. The van der Waals surface area contributed by atoms with Crippen LogP contribution in [0.2, 0.25) is 0 Å². The Bertz CT molecular complexity index is 1400. The van der Waals surface area contributed by atoms with Gasteiger partial charge >= 0.3 is 0 Å². The molecule has 1 atom stereocenters. The highest BCUT2D eigenvalue weighted by atomic mass is 19.1. The molecule has 0 radical (unpaired) electrons. The average Bonchev–Trinajstić information content (AvgIpc) is 3.49. The van der Waals surface area contributed by atoms with E-state index in [4.69, 9.17) is 9.72 Å². The van der Waals surface area contributed by atoms with Crippen molar-refractivity contribution in [2.24, 2.45) is 0 Å². The Hall–Kier alpha value is -4.18. The van der Waals surface area contributed by atoms with Crippen molar-refractivity contribution < 1.29 is 13.9 Å². The zero-order valence-electron chi connectivity index (χ0n) is 18.7. The van der Waals surface area contributed by atoms with Gasteiger partial charge in [-0.25, -0.2) is 9.37 Å². The van der Waals surface area contributed by atoms with Crippen LogP contribution in [-0.2, 0) is 11.4 Å². The van der Waals surface area contributed by atoms with E-state index < -0.39 is 0 Å². The summed E-state index contributed by atoms with van der Waals surface area (Å²) in [6.07, 6.45) is 7.13. The van der Waals surface area contributed by atoms with Crippen LogP contribution in [0.1, 0.15) is 37.2 Å². The highest BCUT2D eigenvalue weighted by Gasteiger charge is 2.33. The Kier molecular flexibility index (Phi) is 5.96. The van der Waals surface area contributed by atoms with Gasteiger partial charge in [-0.2, -0.15) is 0 Å². The van der Waals surface area contributed by atoms with E-state index >= 15 is 0 Å². The maximum Gasteiger partial charge on any atom is 0.299 e. The van der Waals surface area contributed by atoms with Crippen LogP contribution in [0, 0.1) is 17.7 Å². The van der Waals surface area contributed by atoms with Crippen LogP contribution in [0.15, 0.2) is 67.1 Å². The van der Waals surface area contributed by atoms with Gasteiger partial charge in [0.05, 0.1) is 23.4 Å². The van der Waals surface area contributed by atoms with Crippen molar-refractivity contribution in [1.82, 2.24) is 19.3 Å². The number of aromatic nitrogens is 3. The van der Waals surface area contributed by atoms with E-state index in [9.17, 15) is 9.18 Å². The van der Waals surface area contributed by atoms with E-state index in [1.54, 1.807) is 42.4 Å². The summed E-state index contributed by atoms with van der Waals surface area (Å²) in [5.74, 6) is 5.85. The average molecular weight is 455 g/mol. The van der Waals surface area contributed by atoms with E-state index in [0.29, 0.717) is 6.54 Å². The molecule has 0 unspecified atom stereocenters. The molecule has 0 bridgehead atoms. The predicted octanol–water partition coefficient (Wildman–Crippen LogP) is 4.80. The second kappa shape index (κ2) is 9.36. The first-order valence-electron chi connectivity index (χ1n) is 11.2. The molecule has 1 fully saturated rings. The monoisotopic (exact) mass is 454 g/mol. The Morgan fingerprint density at radius 3 is 2.82 bits per heavy atom. The molecule has 3 heterocycles. The predicted molar refractivity (Wildman–Crippen MR) is 126 cm³/mol. The maximum atomic E-state index is 13.8. The third-order valence-electron chi connectivity index (χ3n) is 5.98. The summed E-state index contributed by atoms with van der Waals surface area (Å²) in [5, 5.41) is 0. The Balaban J connectivity index is 1.43. The van der Waals surface area contributed by atoms with E-state index in [0.717, 1.165) is 41.0 Å². The van der Waals surface area contributed by atoms with Crippen LogP contribution in [0.25, 0.3) is 16.8 Å². The van der Waals surface area contributed by atoms with Crippen molar-refractivity contribution in [3.8, 4) is 28.8 Å². The quantitative estimate of drug-likeness (QED) is 0.407. The van der Waals surface area contributed by atoms with Crippen molar-refractivity contribution in [2.45, 2.75) is 32.4 Å². The Morgan fingerprint density at radius 1 is 1.21 bits per heavy atom. The fourth-order valence-corrected chi connectivity index (χ4v) is 4.35. The van der Waals surface area contributed by atoms with Crippen molar-refractivity contribution >= 4 is 11.4 Å². The van der Waals surface area contributed by atoms with Crippen LogP contribution >= 0.6 is 0 Å².